The molecule has 2 aromatic carbocycles. The van der Waals surface area contributed by atoms with E-state index in [1.54, 1.807) is 18.3 Å². The van der Waals surface area contributed by atoms with Crippen molar-refractivity contribution in [3.63, 3.8) is 0 Å². The molecule has 30 heavy (non-hydrogen) atoms. The minimum absolute atomic E-state index is 0.00352. The molecule has 0 radical (unpaired) electrons. The molecule has 154 valence electrons. The first-order chi connectivity index (χ1) is 14.7. The molecule has 1 aliphatic heterocycles. The van der Waals surface area contributed by atoms with Gasteiger partial charge in [-0.15, -0.1) is 0 Å². The average Bonchev–Trinajstić information content (AvgIpc) is 2.79. The van der Waals surface area contributed by atoms with E-state index in [4.69, 9.17) is 9.47 Å². The van der Waals surface area contributed by atoms with E-state index in [2.05, 4.69) is 46.4 Å². The topological polar surface area (TPSA) is 63.7 Å². The van der Waals surface area contributed by atoms with Crippen LogP contribution in [-0.2, 0) is 11.3 Å². The number of ether oxygens (including phenoxy) is 2. The maximum Gasteiger partial charge on any atom is 0.337 e. The van der Waals surface area contributed by atoms with Gasteiger partial charge < -0.3 is 19.7 Å². The first-order valence-electron chi connectivity index (χ1n) is 10.0. The molecule has 6 nitrogen and oxygen atoms in total. The third-order valence-electron chi connectivity index (χ3n) is 5.22. The van der Waals surface area contributed by atoms with Crippen molar-refractivity contribution >= 4 is 17.5 Å². The van der Waals surface area contributed by atoms with Crippen LogP contribution < -0.4 is 15.0 Å². The number of carbonyl (C=O) groups is 1. The fourth-order valence-electron chi connectivity index (χ4n) is 3.62. The van der Waals surface area contributed by atoms with Gasteiger partial charge in [0, 0.05) is 18.8 Å². The molecule has 1 aliphatic rings. The zero-order valence-electron chi connectivity index (χ0n) is 17.2. The van der Waals surface area contributed by atoms with Crippen molar-refractivity contribution in [1.82, 2.24) is 4.98 Å². The number of benzene rings is 2. The summed E-state index contributed by atoms with van der Waals surface area (Å²) >= 11 is 0. The molecule has 0 saturated carbocycles. The Morgan fingerprint density at radius 1 is 1.17 bits per heavy atom. The molecule has 1 atom stereocenters. The third kappa shape index (κ3) is 4.22. The van der Waals surface area contributed by atoms with Crippen LogP contribution in [0.5, 0.6) is 5.75 Å². The van der Waals surface area contributed by atoms with Crippen LogP contribution >= 0.6 is 0 Å². The summed E-state index contributed by atoms with van der Waals surface area (Å²) in [5.74, 6) is 1.28. The van der Waals surface area contributed by atoms with E-state index < -0.39 is 0 Å². The molecule has 6 heteroatoms. The van der Waals surface area contributed by atoms with E-state index in [0.717, 1.165) is 35.9 Å². The number of anilines is 2. The van der Waals surface area contributed by atoms with Gasteiger partial charge in [-0.3, -0.25) is 0 Å². The van der Waals surface area contributed by atoms with Crippen LogP contribution in [0, 0.1) is 0 Å². The highest BCUT2D eigenvalue weighted by atomic mass is 16.5. The van der Waals surface area contributed by atoms with Crippen molar-refractivity contribution in [1.29, 1.82) is 0 Å². The number of aromatic nitrogens is 1. The maximum absolute atomic E-state index is 11.7. The molecular formula is C24H25N3O3. The van der Waals surface area contributed by atoms with Crippen LogP contribution in [0.25, 0.3) is 0 Å². The summed E-state index contributed by atoms with van der Waals surface area (Å²) in [6.45, 7) is 4.30. The van der Waals surface area contributed by atoms with E-state index in [1.165, 1.54) is 12.7 Å². The quantitative estimate of drug-likeness (QED) is 0.614. The van der Waals surface area contributed by atoms with Crippen LogP contribution in [-0.4, -0.2) is 31.2 Å². The molecular weight excluding hydrogens is 378 g/mol. The number of nitrogens with one attached hydrogen (secondary N) is 1. The second-order valence-electron chi connectivity index (χ2n) is 7.24. The Bertz CT molecular complexity index is 1010. The first kappa shape index (κ1) is 19.8. The lowest BCUT2D eigenvalue weighted by molar-refractivity contribution is 0.0600. The van der Waals surface area contributed by atoms with Crippen molar-refractivity contribution < 1.29 is 14.3 Å². The Balaban J connectivity index is 1.57. The minimum Gasteiger partial charge on any atom is -0.489 e. The lowest BCUT2D eigenvalue weighted by Gasteiger charge is -2.33. The van der Waals surface area contributed by atoms with Gasteiger partial charge >= 0.3 is 5.97 Å². The SMILES string of the molecule is COC(=O)c1ccc(C(C)Nc2nccc3c2N(Cc2ccccc2)CCO3)cc1. The van der Waals surface area contributed by atoms with Crippen molar-refractivity contribution in [3.05, 3.63) is 83.6 Å². The fourth-order valence-corrected chi connectivity index (χ4v) is 3.62. The second kappa shape index (κ2) is 8.86. The molecule has 0 bridgehead atoms. The standard InChI is InChI=1S/C24H25N3O3/c1-17(19-8-10-20(11-9-19)24(28)29-2)26-23-22-21(12-13-25-23)30-15-14-27(22)16-18-6-4-3-5-7-18/h3-13,17H,14-16H2,1-2H3,(H,25,26). The van der Waals surface area contributed by atoms with E-state index in [1.807, 2.05) is 24.3 Å². The Hall–Kier alpha value is -3.54. The number of methoxy groups -OCH3 is 1. The fraction of sp³-hybridized carbons (Fsp3) is 0.250. The summed E-state index contributed by atoms with van der Waals surface area (Å²) in [6.07, 6.45) is 1.76. The zero-order valence-corrected chi connectivity index (χ0v) is 17.2. The number of fused-ring (bicyclic) bond motifs is 1. The lowest BCUT2D eigenvalue weighted by atomic mass is 10.1. The summed E-state index contributed by atoms with van der Waals surface area (Å²) in [5.41, 5.74) is 3.80. The van der Waals surface area contributed by atoms with Crippen molar-refractivity contribution in [2.24, 2.45) is 0 Å². The minimum atomic E-state index is -0.338. The molecule has 1 unspecified atom stereocenters. The van der Waals surface area contributed by atoms with Crippen LogP contribution in [0.3, 0.4) is 0 Å². The van der Waals surface area contributed by atoms with E-state index in [9.17, 15) is 4.79 Å². The van der Waals surface area contributed by atoms with Crippen LogP contribution in [0.1, 0.15) is 34.5 Å². The molecule has 0 saturated heterocycles. The first-order valence-corrected chi connectivity index (χ1v) is 10.0. The van der Waals surface area contributed by atoms with Crippen LogP contribution in [0.15, 0.2) is 66.9 Å². The van der Waals surface area contributed by atoms with Gasteiger partial charge in [-0.25, -0.2) is 9.78 Å². The molecule has 4 rings (SSSR count). The molecule has 1 aromatic heterocycles. The Morgan fingerprint density at radius 2 is 1.93 bits per heavy atom. The number of rotatable bonds is 6. The normalized spacial score (nSPS) is 13.7. The second-order valence-corrected chi connectivity index (χ2v) is 7.24. The predicted octanol–water partition coefficient (Wildman–Crippen LogP) is 4.44. The van der Waals surface area contributed by atoms with Gasteiger partial charge in [0.1, 0.15) is 18.0 Å². The van der Waals surface area contributed by atoms with E-state index >= 15 is 0 Å². The van der Waals surface area contributed by atoms with Crippen molar-refractivity contribution in [3.8, 4) is 5.75 Å². The summed E-state index contributed by atoms with van der Waals surface area (Å²) in [6, 6.07) is 19.7. The van der Waals surface area contributed by atoms with Crippen molar-refractivity contribution in [2.45, 2.75) is 19.5 Å². The van der Waals surface area contributed by atoms with E-state index in [-0.39, 0.29) is 12.0 Å². The Labute approximate surface area is 176 Å². The molecule has 0 aliphatic carbocycles. The van der Waals surface area contributed by atoms with Crippen LogP contribution in [0.2, 0.25) is 0 Å². The molecule has 0 fully saturated rings. The molecule has 0 amide bonds. The predicted molar refractivity (Wildman–Crippen MR) is 117 cm³/mol. The van der Waals surface area contributed by atoms with Crippen LogP contribution in [0.4, 0.5) is 11.5 Å². The van der Waals surface area contributed by atoms with Gasteiger partial charge in [-0.1, -0.05) is 42.5 Å². The zero-order chi connectivity index (χ0) is 20.9. The highest BCUT2D eigenvalue weighted by molar-refractivity contribution is 5.89. The van der Waals surface area contributed by atoms with Crippen molar-refractivity contribution in [2.75, 3.05) is 30.5 Å². The number of hydrogen-bond donors (Lipinski definition) is 1. The molecule has 2 heterocycles. The highest BCUT2D eigenvalue weighted by Gasteiger charge is 2.24. The number of nitrogens with zero attached hydrogens (tertiary/aromatic N) is 2. The molecule has 3 aromatic rings. The Morgan fingerprint density at radius 3 is 2.67 bits per heavy atom. The molecule has 0 spiro atoms. The summed E-state index contributed by atoms with van der Waals surface area (Å²) in [7, 11) is 1.38. The van der Waals surface area contributed by atoms with Gasteiger partial charge in [0.05, 0.1) is 25.3 Å². The van der Waals surface area contributed by atoms with E-state index in [0.29, 0.717) is 12.2 Å². The monoisotopic (exact) mass is 403 g/mol. The van der Waals surface area contributed by atoms with Gasteiger partial charge in [-0.2, -0.15) is 0 Å². The summed E-state index contributed by atoms with van der Waals surface area (Å²) in [4.78, 5) is 18.6. The lowest BCUT2D eigenvalue weighted by Crippen LogP contribution is -2.33. The third-order valence-corrected chi connectivity index (χ3v) is 5.22. The highest BCUT2D eigenvalue weighted by Crippen LogP contribution is 2.39. The Kier molecular flexibility index (Phi) is 5.84. The number of hydrogen-bond acceptors (Lipinski definition) is 6. The smallest absolute Gasteiger partial charge is 0.337 e. The number of esters is 1. The number of pyridine rings is 1. The van der Waals surface area contributed by atoms with Gasteiger partial charge in [-0.05, 0) is 30.2 Å². The van der Waals surface area contributed by atoms with Gasteiger partial charge in [0.15, 0.2) is 5.82 Å². The summed E-state index contributed by atoms with van der Waals surface area (Å²) in [5, 5.41) is 3.52. The average molecular weight is 403 g/mol. The largest absolute Gasteiger partial charge is 0.489 e. The number of carbonyl (C=O) groups excluding carboxylic acids is 1. The summed E-state index contributed by atoms with van der Waals surface area (Å²) < 4.78 is 10.7. The maximum atomic E-state index is 11.7. The van der Waals surface area contributed by atoms with Gasteiger partial charge in [0.2, 0.25) is 0 Å². The van der Waals surface area contributed by atoms with Gasteiger partial charge in [0.25, 0.3) is 0 Å². The molecule has 1 N–H and O–H groups in total.